The maximum absolute atomic E-state index is 13.1. The zero-order valence-corrected chi connectivity index (χ0v) is 18.4. The summed E-state index contributed by atoms with van der Waals surface area (Å²) < 4.78 is 5.73. The average molecular weight is 440 g/mol. The molecule has 6 heteroatoms. The number of amides is 1. The maximum Gasteiger partial charge on any atom is 0.295 e. The molecule has 162 valence electrons. The van der Waals surface area contributed by atoms with Gasteiger partial charge in [-0.1, -0.05) is 49.7 Å². The van der Waals surface area contributed by atoms with E-state index in [1.54, 1.807) is 29.2 Å². The van der Waals surface area contributed by atoms with Gasteiger partial charge < -0.3 is 14.7 Å². The Hall–Kier alpha value is -2.63. The number of carbonyl (C=O) groups excluding carboxylic acids is 2. The van der Waals surface area contributed by atoms with Gasteiger partial charge in [-0.05, 0) is 54.2 Å². The number of carbonyl (C=O) groups is 2. The number of Topliss-reactive ketones (excluding diaryl/α,β-unsaturated/α-hetero) is 1. The summed E-state index contributed by atoms with van der Waals surface area (Å²) in [5.41, 5.74) is 2.50. The Morgan fingerprint density at radius 1 is 1.13 bits per heavy atom. The van der Waals surface area contributed by atoms with Crippen molar-refractivity contribution in [1.29, 1.82) is 0 Å². The number of rotatable bonds is 5. The molecule has 2 fully saturated rings. The molecule has 2 aliphatic rings. The molecule has 0 bridgehead atoms. The van der Waals surface area contributed by atoms with Gasteiger partial charge in [-0.25, -0.2) is 0 Å². The summed E-state index contributed by atoms with van der Waals surface area (Å²) in [6, 6.07) is 13.8. The first-order chi connectivity index (χ1) is 14.9. The third kappa shape index (κ3) is 4.25. The third-order valence-electron chi connectivity index (χ3n) is 6.00. The van der Waals surface area contributed by atoms with Gasteiger partial charge in [-0.3, -0.25) is 9.59 Å². The second-order valence-corrected chi connectivity index (χ2v) is 8.85. The Bertz CT molecular complexity index is 1000. The molecular formula is C25H26ClNO4. The van der Waals surface area contributed by atoms with E-state index in [2.05, 4.69) is 13.8 Å². The Labute approximate surface area is 187 Å². The third-order valence-corrected chi connectivity index (χ3v) is 6.25. The molecule has 4 rings (SSSR count). The van der Waals surface area contributed by atoms with Gasteiger partial charge in [0.15, 0.2) is 0 Å². The molecule has 2 heterocycles. The molecule has 2 aromatic carbocycles. The molecule has 2 aliphatic heterocycles. The van der Waals surface area contributed by atoms with E-state index in [1.165, 1.54) is 0 Å². The van der Waals surface area contributed by atoms with Crippen molar-refractivity contribution < 1.29 is 19.4 Å². The zero-order valence-electron chi connectivity index (χ0n) is 17.7. The first-order valence-electron chi connectivity index (χ1n) is 10.6. The van der Waals surface area contributed by atoms with Crippen LogP contribution in [0.4, 0.5) is 0 Å². The highest BCUT2D eigenvalue weighted by Gasteiger charge is 2.47. The van der Waals surface area contributed by atoms with Crippen molar-refractivity contribution in [3.63, 3.8) is 0 Å². The Morgan fingerprint density at radius 3 is 2.39 bits per heavy atom. The lowest BCUT2D eigenvalue weighted by Crippen LogP contribution is -2.36. The Kier molecular flexibility index (Phi) is 6.17. The van der Waals surface area contributed by atoms with E-state index >= 15 is 0 Å². The molecule has 2 atom stereocenters. The minimum Gasteiger partial charge on any atom is -0.507 e. The fourth-order valence-corrected chi connectivity index (χ4v) is 4.38. The topological polar surface area (TPSA) is 66.8 Å². The largest absolute Gasteiger partial charge is 0.507 e. The number of halogens is 1. The number of hydrogen-bond acceptors (Lipinski definition) is 4. The van der Waals surface area contributed by atoms with Crippen LogP contribution in [0.25, 0.3) is 5.76 Å². The predicted octanol–water partition coefficient (Wildman–Crippen LogP) is 5.06. The number of ketones is 1. The van der Waals surface area contributed by atoms with E-state index in [-0.39, 0.29) is 17.4 Å². The van der Waals surface area contributed by atoms with Gasteiger partial charge in [0, 0.05) is 23.7 Å². The van der Waals surface area contributed by atoms with E-state index in [1.807, 2.05) is 24.3 Å². The molecule has 0 saturated carbocycles. The maximum atomic E-state index is 13.1. The van der Waals surface area contributed by atoms with Gasteiger partial charge in [0.05, 0.1) is 17.7 Å². The van der Waals surface area contributed by atoms with Crippen molar-refractivity contribution >= 4 is 29.1 Å². The van der Waals surface area contributed by atoms with Gasteiger partial charge >= 0.3 is 0 Å². The minimum atomic E-state index is -0.677. The van der Waals surface area contributed by atoms with Gasteiger partial charge in [0.25, 0.3) is 11.7 Å². The fourth-order valence-electron chi connectivity index (χ4n) is 4.25. The number of nitrogens with zero attached hydrogens (tertiary/aromatic N) is 1. The summed E-state index contributed by atoms with van der Waals surface area (Å²) in [6.07, 6.45) is 1.68. The first kappa shape index (κ1) is 21.6. The monoisotopic (exact) mass is 439 g/mol. The molecular weight excluding hydrogens is 414 g/mol. The number of likely N-dealkylation sites (tertiary alicyclic amines) is 1. The van der Waals surface area contributed by atoms with Crippen LogP contribution < -0.4 is 0 Å². The van der Waals surface area contributed by atoms with Crippen molar-refractivity contribution in [1.82, 2.24) is 4.90 Å². The quantitative estimate of drug-likeness (QED) is 0.401. The average Bonchev–Trinajstić information content (AvgIpc) is 3.36. The summed E-state index contributed by atoms with van der Waals surface area (Å²) in [4.78, 5) is 27.6. The zero-order chi connectivity index (χ0) is 22.1. The highest BCUT2D eigenvalue weighted by Crippen LogP contribution is 2.40. The molecule has 2 aromatic rings. The second kappa shape index (κ2) is 8.85. The van der Waals surface area contributed by atoms with Crippen LogP contribution in [0.2, 0.25) is 5.02 Å². The van der Waals surface area contributed by atoms with Crippen LogP contribution in [0.1, 0.15) is 55.3 Å². The molecule has 0 spiro atoms. The van der Waals surface area contributed by atoms with Gasteiger partial charge in [0.2, 0.25) is 0 Å². The van der Waals surface area contributed by atoms with E-state index in [0.29, 0.717) is 29.7 Å². The van der Waals surface area contributed by atoms with Crippen molar-refractivity contribution in [3.8, 4) is 0 Å². The van der Waals surface area contributed by atoms with E-state index in [4.69, 9.17) is 16.3 Å². The molecule has 31 heavy (non-hydrogen) atoms. The SMILES string of the molecule is CC(C)c1ccc(C2C(=C(O)c3ccc(Cl)cc3)C(=O)C(=O)N2CC2CCCO2)cc1. The van der Waals surface area contributed by atoms with Crippen LogP contribution in [0.15, 0.2) is 54.1 Å². The number of aliphatic hydroxyl groups is 1. The minimum absolute atomic E-state index is 0.0996. The van der Waals surface area contributed by atoms with Gasteiger partial charge in [0.1, 0.15) is 5.76 Å². The highest BCUT2D eigenvalue weighted by atomic mass is 35.5. The van der Waals surface area contributed by atoms with Crippen molar-refractivity contribution in [3.05, 3.63) is 75.8 Å². The molecule has 1 N–H and O–H groups in total. The molecule has 2 unspecified atom stereocenters. The van der Waals surface area contributed by atoms with E-state index < -0.39 is 17.7 Å². The van der Waals surface area contributed by atoms with Gasteiger partial charge in [-0.15, -0.1) is 0 Å². The second-order valence-electron chi connectivity index (χ2n) is 8.41. The predicted molar refractivity (Wildman–Crippen MR) is 120 cm³/mol. The molecule has 5 nitrogen and oxygen atoms in total. The van der Waals surface area contributed by atoms with Crippen LogP contribution in [0.3, 0.4) is 0 Å². The molecule has 0 aromatic heterocycles. The Morgan fingerprint density at radius 2 is 1.81 bits per heavy atom. The fraction of sp³-hybridized carbons (Fsp3) is 0.360. The standard InChI is InChI=1S/C25H26ClNO4/c1-15(2)16-5-7-17(8-6-16)22-21(23(28)18-9-11-19(26)12-10-18)24(29)25(30)27(22)14-20-4-3-13-31-20/h5-12,15,20,22,28H,3-4,13-14H2,1-2H3. The van der Waals surface area contributed by atoms with E-state index in [0.717, 1.165) is 24.0 Å². The summed E-state index contributed by atoms with van der Waals surface area (Å²) in [6.45, 7) is 5.20. The lowest BCUT2D eigenvalue weighted by Gasteiger charge is -2.27. The lowest BCUT2D eigenvalue weighted by molar-refractivity contribution is -0.140. The normalized spacial score (nSPS) is 23.2. The van der Waals surface area contributed by atoms with Crippen LogP contribution in [-0.4, -0.2) is 41.0 Å². The van der Waals surface area contributed by atoms with Crippen LogP contribution >= 0.6 is 11.6 Å². The number of aliphatic hydroxyl groups excluding tert-OH is 1. The summed E-state index contributed by atoms with van der Waals surface area (Å²) in [5, 5.41) is 11.6. The Balaban J connectivity index is 1.80. The van der Waals surface area contributed by atoms with E-state index in [9.17, 15) is 14.7 Å². The lowest BCUT2D eigenvalue weighted by atomic mass is 9.93. The number of benzene rings is 2. The van der Waals surface area contributed by atoms with Crippen LogP contribution in [0.5, 0.6) is 0 Å². The number of hydrogen-bond donors (Lipinski definition) is 1. The van der Waals surface area contributed by atoms with Crippen molar-refractivity contribution in [2.45, 2.75) is 44.8 Å². The highest BCUT2D eigenvalue weighted by molar-refractivity contribution is 6.46. The molecule has 1 amide bonds. The first-order valence-corrected chi connectivity index (χ1v) is 11.0. The molecule has 2 saturated heterocycles. The molecule has 0 aliphatic carbocycles. The van der Waals surface area contributed by atoms with Crippen molar-refractivity contribution in [2.75, 3.05) is 13.2 Å². The summed E-state index contributed by atoms with van der Waals surface area (Å²) in [5.74, 6) is -1.11. The summed E-state index contributed by atoms with van der Waals surface area (Å²) >= 11 is 5.97. The molecule has 0 radical (unpaired) electrons. The van der Waals surface area contributed by atoms with Crippen LogP contribution in [-0.2, 0) is 14.3 Å². The van der Waals surface area contributed by atoms with Gasteiger partial charge in [-0.2, -0.15) is 0 Å². The number of ether oxygens (including phenoxy) is 1. The summed E-state index contributed by atoms with van der Waals surface area (Å²) in [7, 11) is 0. The smallest absolute Gasteiger partial charge is 0.295 e. The van der Waals surface area contributed by atoms with Crippen LogP contribution in [0, 0.1) is 0 Å². The van der Waals surface area contributed by atoms with Crippen molar-refractivity contribution in [2.24, 2.45) is 0 Å².